The van der Waals surface area contributed by atoms with Gasteiger partial charge in [0.25, 0.3) is 0 Å². The highest BCUT2D eigenvalue weighted by Crippen LogP contribution is 2.49. The van der Waals surface area contributed by atoms with Crippen molar-refractivity contribution in [3.8, 4) is 5.75 Å². The number of fused-ring (bicyclic) bond motifs is 1. The molecular formula is C22H25NO3. The molecule has 4 heteroatoms. The van der Waals surface area contributed by atoms with Crippen LogP contribution in [0, 0.1) is 11.8 Å². The highest BCUT2D eigenvalue weighted by Gasteiger charge is 2.49. The van der Waals surface area contributed by atoms with Gasteiger partial charge in [0.2, 0.25) is 0 Å². The van der Waals surface area contributed by atoms with E-state index in [1.54, 1.807) is 7.11 Å². The summed E-state index contributed by atoms with van der Waals surface area (Å²) in [7, 11) is 1.65. The molecule has 2 aromatic carbocycles. The topological polar surface area (TPSA) is 49.8 Å². The van der Waals surface area contributed by atoms with Gasteiger partial charge in [0.1, 0.15) is 5.75 Å². The van der Waals surface area contributed by atoms with Crippen LogP contribution in [0.2, 0.25) is 0 Å². The third-order valence-electron chi connectivity index (χ3n) is 5.92. The van der Waals surface area contributed by atoms with Gasteiger partial charge in [-0.15, -0.1) is 0 Å². The molecule has 2 atom stereocenters. The van der Waals surface area contributed by atoms with E-state index < -0.39 is 5.60 Å². The lowest BCUT2D eigenvalue weighted by Gasteiger charge is -2.26. The van der Waals surface area contributed by atoms with Gasteiger partial charge in [-0.2, -0.15) is 0 Å². The summed E-state index contributed by atoms with van der Waals surface area (Å²) in [6, 6.07) is 17.3. The average molecular weight is 351 g/mol. The van der Waals surface area contributed by atoms with E-state index in [1.807, 2.05) is 54.6 Å². The Kier molecular flexibility index (Phi) is 4.55. The monoisotopic (exact) mass is 351 g/mol. The molecule has 0 spiro atoms. The number of carbonyl (C=O) groups is 1. The van der Waals surface area contributed by atoms with Gasteiger partial charge in [-0.05, 0) is 42.4 Å². The van der Waals surface area contributed by atoms with Gasteiger partial charge in [-0.25, -0.2) is 0 Å². The van der Waals surface area contributed by atoms with E-state index in [9.17, 15) is 9.90 Å². The van der Waals surface area contributed by atoms with Crippen molar-refractivity contribution in [2.24, 2.45) is 11.8 Å². The number of Topliss-reactive ketones (excluding diaryl/α,β-unsaturated/α-hetero) is 1. The Balaban J connectivity index is 1.40. The molecule has 136 valence electrons. The minimum Gasteiger partial charge on any atom is -0.497 e. The molecule has 0 aromatic heterocycles. The molecule has 1 aliphatic carbocycles. The van der Waals surface area contributed by atoms with Crippen molar-refractivity contribution < 1.29 is 14.6 Å². The van der Waals surface area contributed by atoms with Crippen LogP contribution in [0.15, 0.2) is 54.6 Å². The van der Waals surface area contributed by atoms with E-state index >= 15 is 0 Å². The Morgan fingerprint density at radius 2 is 1.81 bits per heavy atom. The van der Waals surface area contributed by atoms with Crippen molar-refractivity contribution in [1.82, 2.24) is 4.90 Å². The van der Waals surface area contributed by atoms with Gasteiger partial charge >= 0.3 is 0 Å². The second-order valence-corrected chi connectivity index (χ2v) is 7.68. The quantitative estimate of drug-likeness (QED) is 0.841. The Hall–Kier alpha value is -2.17. The van der Waals surface area contributed by atoms with Gasteiger partial charge < -0.3 is 9.84 Å². The van der Waals surface area contributed by atoms with Gasteiger partial charge in [-0.3, -0.25) is 9.69 Å². The number of rotatable bonds is 5. The lowest BCUT2D eigenvalue weighted by molar-refractivity contribution is 0.0313. The third-order valence-corrected chi connectivity index (χ3v) is 5.92. The van der Waals surface area contributed by atoms with Crippen LogP contribution in [0.5, 0.6) is 5.75 Å². The van der Waals surface area contributed by atoms with Crippen LogP contribution < -0.4 is 4.74 Å². The zero-order valence-corrected chi connectivity index (χ0v) is 15.1. The van der Waals surface area contributed by atoms with Crippen LogP contribution in [0.25, 0.3) is 0 Å². The summed E-state index contributed by atoms with van der Waals surface area (Å²) in [6.07, 6.45) is 1.50. The largest absolute Gasteiger partial charge is 0.497 e. The van der Waals surface area contributed by atoms with Crippen LogP contribution in [0.3, 0.4) is 0 Å². The van der Waals surface area contributed by atoms with Crippen molar-refractivity contribution in [2.75, 3.05) is 26.7 Å². The Morgan fingerprint density at radius 3 is 2.46 bits per heavy atom. The van der Waals surface area contributed by atoms with E-state index in [0.29, 0.717) is 18.4 Å². The first-order valence-electron chi connectivity index (χ1n) is 9.25. The zero-order valence-electron chi connectivity index (χ0n) is 15.1. The van der Waals surface area contributed by atoms with E-state index in [0.717, 1.165) is 42.8 Å². The summed E-state index contributed by atoms with van der Waals surface area (Å²) in [5.74, 6) is 1.83. The number of carbonyl (C=O) groups excluding carboxylic acids is 1. The number of hydrogen-bond donors (Lipinski definition) is 1. The molecule has 1 saturated carbocycles. The second kappa shape index (κ2) is 6.86. The van der Waals surface area contributed by atoms with Gasteiger partial charge in [0.05, 0.1) is 19.3 Å². The molecule has 2 fully saturated rings. The fourth-order valence-electron chi connectivity index (χ4n) is 4.64. The van der Waals surface area contributed by atoms with Gasteiger partial charge in [0.15, 0.2) is 5.78 Å². The molecule has 4 nitrogen and oxygen atoms in total. The fraction of sp³-hybridized carbons (Fsp3) is 0.409. The smallest absolute Gasteiger partial charge is 0.176 e. The fourth-order valence-corrected chi connectivity index (χ4v) is 4.64. The van der Waals surface area contributed by atoms with E-state index in [-0.39, 0.29) is 5.78 Å². The normalized spacial score (nSPS) is 28.1. The molecule has 0 radical (unpaired) electrons. The Labute approximate surface area is 154 Å². The molecule has 1 N–H and O–H groups in total. The molecule has 1 saturated heterocycles. The molecule has 0 amide bonds. The summed E-state index contributed by atoms with van der Waals surface area (Å²) in [6.45, 7) is 2.24. The Morgan fingerprint density at radius 1 is 1.12 bits per heavy atom. The summed E-state index contributed by atoms with van der Waals surface area (Å²) in [4.78, 5) is 14.7. The van der Waals surface area contributed by atoms with Crippen molar-refractivity contribution in [2.45, 2.75) is 18.4 Å². The molecule has 4 rings (SSSR count). The maximum absolute atomic E-state index is 12.4. The standard InChI is InChI=1S/C22H25NO3/c1-26-20-9-5-8-19(10-20)22(25)11-17-13-23(14-18(17)12-22)15-21(24)16-6-3-2-4-7-16/h2-10,17-18,25H,11-15H2,1H3. The highest BCUT2D eigenvalue weighted by molar-refractivity contribution is 5.97. The number of likely N-dealkylation sites (tertiary alicyclic amines) is 1. The van der Waals surface area contributed by atoms with Crippen LogP contribution in [0.1, 0.15) is 28.8 Å². The highest BCUT2D eigenvalue weighted by atomic mass is 16.5. The first-order valence-corrected chi connectivity index (χ1v) is 9.25. The average Bonchev–Trinajstić information content (AvgIpc) is 3.17. The molecule has 1 heterocycles. The van der Waals surface area contributed by atoms with Crippen LogP contribution in [0.4, 0.5) is 0 Å². The molecule has 2 aromatic rings. The maximum atomic E-state index is 12.4. The summed E-state index contributed by atoms with van der Waals surface area (Å²) >= 11 is 0. The minimum atomic E-state index is -0.778. The van der Waals surface area contributed by atoms with Crippen molar-refractivity contribution in [1.29, 1.82) is 0 Å². The van der Waals surface area contributed by atoms with Crippen molar-refractivity contribution in [3.63, 3.8) is 0 Å². The van der Waals surface area contributed by atoms with E-state index in [1.165, 1.54) is 0 Å². The molecular weight excluding hydrogens is 326 g/mol. The zero-order chi connectivity index (χ0) is 18.1. The molecule has 2 unspecified atom stereocenters. The van der Waals surface area contributed by atoms with Crippen LogP contribution in [-0.4, -0.2) is 42.5 Å². The maximum Gasteiger partial charge on any atom is 0.176 e. The number of ether oxygens (including phenoxy) is 1. The Bertz CT molecular complexity index is 775. The lowest BCUT2D eigenvalue weighted by Crippen LogP contribution is -2.31. The number of ketones is 1. The second-order valence-electron chi connectivity index (χ2n) is 7.68. The van der Waals surface area contributed by atoms with Crippen molar-refractivity contribution in [3.05, 3.63) is 65.7 Å². The predicted octanol–water partition coefficient (Wildman–Crippen LogP) is 3.11. The summed E-state index contributed by atoms with van der Waals surface area (Å²) in [5.41, 5.74) is 0.940. The minimum absolute atomic E-state index is 0.175. The van der Waals surface area contributed by atoms with E-state index in [4.69, 9.17) is 4.74 Å². The SMILES string of the molecule is COc1cccc(C2(O)CC3CN(CC(=O)c4ccccc4)CC3C2)c1. The molecule has 0 bridgehead atoms. The molecule has 2 aliphatic rings. The predicted molar refractivity (Wildman–Crippen MR) is 100 cm³/mol. The number of aliphatic hydroxyl groups is 1. The number of methoxy groups -OCH3 is 1. The van der Waals surface area contributed by atoms with E-state index in [2.05, 4.69) is 4.90 Å². The van der Waals surface area contributed by atoms with Gasteiger partial charge in [-0.1, -0.05) is 42.5 Å². The number of nitrogens with zero attached hydrogens (tertiary/aromatic N) is 1. The molecule has 1 aliphatic heterocycles. The molecule has 26 heavy (non-hydrogen) atoms. The van der Waals surface area contributed by atoms with Crippen molar-refractivity contribution >= 4 is 5.78 Å². The van der Waals surface area contributed by atoms with Crippen LogP contribution >= 0.6 is 0 Å². The first-order chi connectivity index (χ1) is 12.6. The number of hydrogen-bond acceptors (Lipinski definition) is 4. The summed E-state index contributed by atoms with van der Waals surface area (Å²) in [5, 5.41) is 11.2. The third kappa shape index (κ3) is 3.27. The van der Waals surface area contributed by atoms with Gasteiger partial charge in [0, 0.05) is 18.7 Å². The number of benzene rings is 2. The summed E-state index contributed by atoms with van der Waals surface area (Å²) < 4.78 is 5.30. The lowest BCUT2D eigenvalue weighted by atomic mass is 9.90. The van der Waals surface area contributed by atoms with Crippen LogP contribution in [-0.2, 0) is 5.60 Å². The first kappa shape index (κ1) is 17.3.